The van der Waals surface area contributed by atoms with Gasteiger partial charge < -0.3 is 9.64 Å². The van der Waals surface area contributed by atoms with Crippen LogP contribution in [0.3, 0.4) is 0 Å². The van der Waals surface area contributed by atoms with Gasteiger partial charge in [0.15, 0.2) is 0 Å². The molecule has 0 bridgehead atoms. The molecule has 2 aromatic carbocycles. The van der Waals surface area contributed by atoms with Crippen molar-refractivity contribution in [3.05, 3.63) is 64.7 Å². The molecule has 2 aliphatic heterocycles. The summed E-state index contributed by atoms with van der Waals surface area (Å²) in [5, 5.41) is 0.768. The smallest absolute Gasteiger partial charge is 0.124 e. The van der Waals surface area contributed by atoms with Crippen LogP contribution in [0, 0.1) is 0 Å². The summed E-state index contributed by atoms with van der Waals surface area (Å²) in [6.07, 6.45) is 2.67. The molecule has 0 radical (unpaired) electrons. The normalized spacial score (nSPS) is 20.0. The summed E-state index contributed by atoms with van der Waals surface area (Å²) in [6.45, 7) is 6.30. The van der Waals surface area contributed by atoms with E-state index in [0.29, 0.717) is 0 Å². The highest BCUT2D eigenvalue weighted by Crippen LogP contribution is 2.38. The summed E-state index contributed by atoms with van der Waals surface area (Å²) in [5.74, 6) is 0.960. The fourth-order valence-corrected chi connectivity index (χ4v) is 4.19. The van der Waals surface area contributed by atoms with E-state index in [1.807, 2.05) is 12.1 Å². The van der Waals surface area contributed by atoms with E-state index in [1.54, 1.807) is 0 Å². The van der Waals surface area contributed by atoms with E-state index in [0.717, 1.165) is 37.0 Å². The van der Waals surface area contributed by atoms with Crippen LogP contribution >= 0.6 is 36.4 Å². The molecule has 1 atom stereocenters. The third-order valence-corrected chi connectivity index (χ3v) is 5.52. The van der Waals surface area contributed by atoms with Gasteiger partial charge in [0, 0.05) is 30.2 Å². The van der Waals surface area contributed by atoms with Crippen molar-refractivity contribution in [2.24, 2.45) is 0 Å². The van der Waals surface area contributed by atoms with Crippen molar-refractivity contribution in [2.45, 2.75) is 18.9 Å². The predicted molar refractivity (Wildman–Crippen MR) is 117 cm³/mol. The first-order valence-electron chi connectivity index (χ1n) is 9.25. The Bertz CT molecular complexity index is 708. The maximum atomic E-state index is 6.33. The number of hydrogen-bond donors (Lipinski definition) is 0. The average molecular weight is 430 g/mol. The Labute approximate surface area is 179 Å². The SMILES string of the molecule is Cl.Cl.Clc1ccc2c(c1)C(c1ccccc1)N(CCN1CCCC1)CCO2. The summed E-state index contributed by atoms with van der Waals surface area (Å²) < 4.78 is 6.04. The molecule has 0 spiro atoms. The van der Waals surface area contributed by atoms with Crippen molar-refractivity contribution >= 4 is 36.4 Å². The summed E-state index contributed by atoms with van der Waals surface area (Å²) in [7, 11) is 0. The summed E-state index contributed by atoms with van der Waals surface area (Å²) in [5.41, 5.74) is 2.48. The van der Waals surface area contributed by atoms with Gasteiger partial charge in [-0.3, -0.25) is 4.90 Å². The van der Waals surface area contributed by atoms with Gasteiger partial charge in [0.05, 0.1) is 6.04 Å². The van der Waals surface area contributed by atoms with Crippen molar-refractivity contribution < 1.29 is 4.74 Å². The van der Waals surface area contributed by atoms with E-state index in [-0.39, 0.29) is 30.9 Å². The molecule has 2 aromatic rings. The van der Waals surface area contributed by atoms with Crippen molar-refractivity contribution in [3.63, 3.8) is 0 Å². The quantitative estimate of drug-likeness (QED) is 0.675. The second-order valence-electron chi connectivity index (χ2n) is 6.93. The third kappa shape index (κ3) is 5.30. The van der Waals surface area contributed by atoms with Gasteiger partial charge in [-0.1, -0.05) is 41.9 Å². The van der Waals surface area contributed by atoms with E-state index < -0.39 is 0 Å². The van der Waals surface area contributed by atoms with Crippen LogP contribution in [0.25, 0.3) is 0 Å². The van der Waals surface area contributed by atoms with Crippen LogP contribution in [-0.2, 0) is 0 Å². The van der Waals surface area contributed by atoms with Gasteiger partial charge in [-0.25, -0.2) is 0 Å². The van der Waals surface area contributed by atoms with Gasteiger partial charge in [-0.2, -0.15) is 0 Å². The fourth-order valence-electron chi connectivity index (χ4n) is 4.01. The van der Waals surface area contributed by atoms with Gasteiger partial charge >= 0.3 is 0 Å². The molecule has 0 aliphatic carbocycles. The molecule has 0 aromatic heterocycles. The first kappa shape index (κ1) is 22.3. The molecule has 2 heterocycles. The largest absolute Gasteiger partial charge is 0.492 e. The van der Waals surface area contributed by atoms with Crippen LogP contribution in [-0.4, -0.2) is 49.1 Å². The summed E-state index contributed by atoms with van der Waals surface area (Å²) in [4.78, 5) is 5.13. The second kappa shape index (κ2) is 10.5. The minimum absolute atomic E-state index is 0. The molecule has 148 valence electrons. The molecule has 1 unspecified atom stereocenters. The maximum absolute atomic E-state index is 6.33. The minimum atomic E-state index is 0. The third-order valence-electron chi connectivity index (χ3n) is 5.29. The Balaban J connectivity index is 0.00000131. The topological polar surface area (TPSA) is 15.7 Å². The highest BCUT2D eigenvalue weighted by atomic mass is 35.5. The van der Waals surface area contributed by atoms with E-state index in [4.69, 9.17) is 16.3 Å². The zero-order valence-corrected chi connectivity index (χ0v) is 17.7. The maximum Gasteiger partial charge on any atom is 0.124 e. The van der Waals surface area contributed by atoms with E-state index in [9.17, 15) is 0 Å². The number of nitrogens with zero attached hydrogens (tertiary/aromatic N) is 2. The monoisotopic (exact) mass is 428 g/mol. The van der Waals surface area contributed by atoms with Gasteiger partial charge in [0.25, 0.3) is 0 Å². The van der Waals surface area contributed by atoms with E-state index >= 15 is 0 Å². The van der Waals surface area contributed by atoms with E-state index in [1.165, 1.54) is 37.1 Å². The molecule has 2 aliphatic rings. The molecule has 1 fully saturated rings. The van der Waals surface area contributed by atoms with Gasteiger partial charge in [-0.05, 0) is 49.7 Å². The van der Waals surface area contributed by atoms with Crippen molar-refractivity contribution in [3.8, 4) is 5.75 Å². The van der Waals surface area contributed by atoms with E-state index in [2.05, 4.69) is 46.2 Å². The minimum Gasteiger partial charge on any atom is -0.492 e. The van der Waals surface area contributed by atoms with Gasteiger partial charge in [0.1, 0.15) is 12.4 Å². The van der Waals surface area contributed by atoms with Crippen LogP contribution in [0.15, 0.2) is 48.5 Å². The number of likely N-dealkylation sites (tertiary alicyclic amines) is 1. The Kier molecular flexibility index (Phi) is 8.71. The number of ether oxygens (including phenoxy) is 1. The zero-order chi connectivity index (χ0) is 17.1. The lowest BCUT2D eigenvalue weighted by Gasteiger charge is -2.32. The molecule has 4 rings (SSSR count). The summed E-state index contributed by atoms with van der Waals surface area (Å²) >= 11 is 6.33. The summed E-state index contributed by atoms with van der Waals surface area (Å²) in [6, 6.07) is 16.9. The fraction of sp³-hybridized carbons (Fsp3) is 0.429. The Morgan fingerprint density at radius 2 is 1.67 bits per heavy atom. The average Bonchev–Trinajstić information content (AvgIpc) is 3.09. The molecule has 6 heteroatoms. The molecule has 3 nitrogen and oxygen atoms in total. The van der Waals surface area contributed by atoms with Crippen LogP contribution in [0.2, 0.25) is 5.02 Å². The van der Waals surface area contributed by atoms with Crippen LogP contribution < -0.4 is 4.74 Å². The zero-order valence-electron chi connectivity index (χ0n) is 15.4. The van der Waals surface area contributed by atoms with Crippen molar-refractivity contribution in [1.29, 1.82) is 0 Å². The molecular weight excluding hydrogens is 403 g/mol. The number of benzene rings is 2. The number of fused-ring (bicyclic) bond motifs is 1. The standard InChI is InChI=1S/C21H25ClN2O.2ClH/c22-18-8-9-20-19(16-18)21(17-6-2-1-3-7-17)24(14-15-25-20)13-12-23-10-4-5-11-23;;/h1-3,6-9,16,21H,4-5,10-15H2;2*1H. The molecular formula is C21H27Cl3N2O. The van der Waals surface area contributed by atoms with Crippen LogP contribution in [0.5, 0.6) is 5.75 Å². The lowest BCUT2D eigenvalue weighted by Crippen LogP contribution is -2.37. The first-order valence-corrected chi connectivity index (χ1v) is 9.63. The lowest BCUT2D eigenvalue weighted by atomic mass is 9.96. The molecule has 0 N–H and O–H groups in total. The first-order chi connectivity index (χ1) is 12.3. The Morgan fingerprint density at radius 3 is 2.41 bits per heavy atom. The molecule has 0 saturated carbocycles. The second-order valence-corrected chi connectivity index (χ2v) is 7.36. The molecule has 0 amide bonds. The Morgan fingerprint density at radius 1 is 0.926 bits per heavy atom. The highest BCUT2D eigenvalue weighted by Gasteiger charge is 2.28. The molecule has 1 saturated heterocycles. The Hall–Kier alpha value is -0.970. The van der Waals surface area contributed by atoms with Crippen LogP contribution in [0.1, 0.15) is 30.0 Å². The van der Waals surface area contributed by atoms with Crippen LogP contribution in [0.4, 0.5) is 0 Å². The number of rotatable bonds is 4. The highest BCUT2D eigenvalue weighted by molar-refractivity contribution is 6.30. The van der Waals surface area contributed by atoms with Crippen molar-refractivity contribution in [1.82, 2.24) is 9.80 Å². The number of halogens is 3. The lowest BCUT2D eigenvalue weighted by molar-refractivity contribution is 0.177. The predicted octanol–water partition coefficient (Wildman–Crippen LogP) is 5.06. The van der Waals surface area contributed by atoms with Gasteiger partial charge in [-0.15, -0.1) is 24.8 Å². The molecule has 27 heavy (non-hydrogen) atoms. The van der Waals surface area contributed by atoms with Gasteiger partial charge in [0.2, 0.25) is 0 Å². The van der Waals surface area contributed by atoms with Crippen molar-refractivity contribution in [2.75, 3.05) is 39.3 Å². The number of hydrogen-bond acceptors (Lipinski definition) is 3.